The van der Waals surface area contributed by atoms with E-state index in [9.17, 15) is 9.59 Å². The fourth-order valence-corrected chi connectivity index (χ4v) is 1.84. The Morgan fingerprint density at radius 2 is 2.21 bits per heavy atom. The van der Waals surface area contributed by atoms with Crippen LogP contribution >= 0.6 is 0 Å². The minimum atomic E-state index is -0.909. The Morgan fingerprint density at radius 1 is 1.53 bits per heavy atom. The standard InChI is InChI=1S/C13H22N2O4/c1-9(12(16)17)10(2)14-13(18)15-6-4-11(5-7-15)8-19-3/h4,9-10H,5-8H2,1-3H3,(H,14,18)(H,16,17). The quantitative estimate of drug-likeness (QED) is 0.733. The summed E-state index contributed by atoms with van der Waals surface area (Å²) in [6.07, 6.45) is 2.78. The monoisotopic (exact) mass is 270 g/mol. The zero-order chi connectivity index (χ0) is 14.4. The summed E-state index contributed by atoms with van der Waals surface area (Å²) in [5, 5.41) is 11.6. The largest absolute Gasteiger partial charge is 0.481 e. The zero-order valence-corrected chi connectivity index (χ0v) is 11.7. The van der Waals surface area contributed by atoms with Crippen molar-refractivity contribution in [2.24, 2.45) is 5.92 Å². The number of aliphatic carboxylic acids is 1. The number of carbonyl (C=O) groups is 2. The number of nitrogens with zero attached hydrogens (tertiary/aromatic N) is 1. The number of hydrogen-bond acceptors (Lipinski definition) is 3. The lowest BCUT2D eigenvalue weighted by Gasteiger charge is -2.28. The SMILES string of the molecule is COCC1=CCN(C(=O)NC(C)C(C)C(=O)O)CC1. The number of ether oxygens (including phenoxy) is 1. The molecule has 19 heavy (non-hydrogen) atoms. The molecule has 2 N–H and O–H groups in total. The van der Waals surface area contributed by atoms with Crippen molar-refractivity contribution in [2.45, 2.75) is 26.3 Å². The Bertz CT molecular complexity index is 368. The molecule has 0 aromatic heterocycles. The van der Waals surface area contributed by atoms with Crippen molar-refractivity contribution in [2.75, 3.05) is 26.8 Å². The molecule has 1 heterocycles. The van der Waals surface area contributed by atoms with Gasteiger partial charge in [0.25, 0.3) is 0 Å². The first kappa shape index (κ1) is 15.5. The minimum Gasteiger partial charge on any atom is -0.481 e. The van der Waals surface area contributed by atoms with Gasteiger partial charge in [-0.15, -0.1) is 0 Å². The fourth-order valence-electron chi connectivity index (χ4n) is 1.84. The molecule has 0 aliphatic carbocycles. The third kappa shape index (κ3) is 4.55. The van der Waals surface area contributed by atoms with Gasteiger partial charge in [-0.2, -0.15) is 0 Å². The lowest BCUT2D eigenvalue weighted by atomic mass is 10.0. The summed E-state index contributed by atoms with van der Waals surface area (Å²) < 4.78 is 5.05. The van der Waals surface area contributed by atoms with Gasteiger partial charge in [-0.25, -0.2) is 4.79 Å². The average molecular weight is 270 g/mol. The molecule has 2 amide bonds. The summed E-state index contributed by atoms with van der Waals surface area (Å²) in [5.74, 6) is -1.51. The lowest BCUT2D eigenvalue weighted by Crippen LogP contribution is -2.48. The molecule has 0 bridgehead atoms. The maximum absolute atomic E-state index is 12.0. The maximum Gasteiger partial charge on any atom is 0.317 e. The topological polar surface area (TPSA) is 78.9 Å². The molecule has 108 valence electrons. The van der Waals surface area contributed by atoms with Gasteiger partial charge in [-0.3, -0.25) is 4.79 Å². The number of urea groups is 1. The average Bonchev–Trinajstić information content (AvgIpc) is 2.38. The smallest absolute Gasteiger partial charge is 0.317 e. The van der Waals surface area contributed by atoms with Crippen LogP contribution in [0.15, 0.2) is 11.6 Å². The molecular formula is C13H22N2O4. The number of amides is 2. The fraction of sp³-hybridized carbons (Fsp3) is 0.692. The summed E-state index contributed by atoms with van der Waals surface area (Å²) in [4.78, 5) is 24.5. The number of rotatable bonds is 5. The van der Waals surface area contributed by atoms with Gasteiger partial charge in [0.15, 0.2) is 0 Å². The Morgan fingerprint density at radius 3 is 2.68 bits per heavy atom. The highest BCUT2D eigenvalue weighted by Crippen LogP contribution is 2.11. The first-order valence-corrected chi connectivity index (χ1v) is 6.40. The first-order valence-electron chi connectivity index (χ1n) is 6.40. The van der Waals surface area contributed by atoms with E-state index in [1.165, 1.54) is 5.57 Å². The molecule has 1 aliphatic rings. The van der Waals surface area contributed by atoms with Crippen molar-refractivity contribution in [3.05, 3.63) is 11.6 Å². The number of hydrogen-bond donors (Lipinski definition) is 2. The molecule has 6 heteroatoms. The molecule has 0 fully saturated rings. The van der Waals surface area contributed by atoms with Crippen LogP contribution in [0.3, 0.4) is 0 Å². The molecule has 0 aromatic carbocycles. The third-order valence-electron chi connectivity index (χ3n) is 3.41. The van der Waals surface area contributed by atoms with Crippen molar-refractivity contribution >= 4 is 12.0 Å². The molecule has 0 radical (unpaired) electrons. The van der Waals surface area contributed by atoms with Gasteiger partial charge in [0.2, 0.25) is 0 Å². The van der Waals surface area contributed by atoms with Crippen LogP contribution in [0.4, 0.5) is 4.79 Å². The number of methoxy groups -OCH3 is 1. The van der Waals surface area contributed by atoms with E-state index in [0.717, 1.165) is 6.42 Å². The van der Waals surface area contributed by atoms with Crippen molar-refractivity contribution < 1.29 is 19.4 Å². The van der Waals surface area contributed by atoms with Crippen LogP contribution in [0.25, 0.3) is 0 Å². The number of nitrogens with one attached hydrogen (secondary N) is 1. The zero-order valence-electron chi connectivity index (χ0n) is 11.7. The highest BCUT2D eigenvalue weighted by Gasteiger charge is 2.24. The van der Waals surface area contributed by atoms with Gasteiger partial charge >= 0.3 is 12.0 Å². The van der Waals surface area contributed by atoms with Crippen LogP contribution in [0.5, 0.6) is 0 Å². The highest BCUT2D eigenvalue weighted by molar-refractivity contribution is 5.77. The predicted molar refractivity (Wildman–Crippen MR) is 70.9 cm³/mol. The Balaban J connectivity index is 2.45. The van der Waals surface area contributed by atoms with Gasteiger partial charge in [0.05, 0.1) is 12.5 Å². The van der Waals surface area contributed by atoms with E-state index < -0.39 is 17.9 Å². The molecule has 1 rings (SSSR count). The lowest BCUT2D eigenvalue weighted by molar-refractivity contribution is -0.141. The Hall–Kier alpha value is -1.56. The van der Waals surface area contributed by atoms with E-state index in [1.54, 1.807) is 25.9 Å². The van der Waals surface area contributed by atoms with Crippen LogP contribution in [0.2, 0.25) is 0 Å². The second kappa shape index (κ2) is 7.13. The summed E-state index contributed by atoms with van der Waals surface area (Å²) in [6, 6.07) is -0.609. The van der Waals surface area contributed by atoms with Crippen molar-refractivity contribution in [1.82, 2.24) is 10.2 Å². The summed E-state index contributed by atoms with van der Waals surface area (Å²) >= 11 is 0. The molecule has 0 saturated carbocycles. The van der Waals surface area contributed by atoms with Crippen molar-refractivity contribution in [3.63, 3.8) is 0 Å². The number of carboxylic acids is 1. The van der Waals surface area contributed by atoms with Gasteiger partial charge in [0.1, 0.15) is 0 Å². The van der Waals surface area contributed by atoms with E-state index >= 15 is 0 Å². The molecule has 6 nitrogen and oxygen atoms in total. The summed E-state index contributed by atoms with van der Waals surface area (Å²) in [5.41, 5.74) is 1.19. The van der Waals surface area contributed by atoms with Crippen LogP contribution in [0, 0.1) is 5.92 Å². The predicted octanol–water partition coefficient (Wildman–Crippen LogP) is 1.08. The molecule has 0 spiro atoms. The summed E-state index contributed by atoms with van der Waals surface area (Å²) in [7, 11) is 1.65. The van der Waals surface area contributed by atoms with Gasteiger partial charge in [-0.05, 0) is 25.8 Å². The first-order chi connectivity index (χ1) is 8.95. The van der Waals surface area contributed by atoms with E-state index in [-0.39, 0.29) is 6.03 Å². The van der Waals surface area contributed by atoms with Gasteiger partial charge in [0, 0.05) is 26.2 Å². The second-order valence-electron chi connectivity index (χ2n) is 4.86. The molecule has 0 aromatic rings. The van der Waals surface area contributed by atoms with Gasteiger partial charge in [-0.1, -0.05) is 6.08 Å². The minimum absolute atomic E-state index is 0.215. The van der Waals surface area contributed by atoms with Crippen LogP contribution < -0.4 is 5.32 Å². The Kier molecular flexibility index (Phi) is 5.82. The molecule has 2 unspecified atom stereocenters. The van der Waals surface area contributed by atoms with E-state index in [4.69, 9.17) is 9.84 Å². The molecule has 1 aliphatic heterocycles. The van der Waals surface area contributed by atoms with Gasteiger partial charge < -0.3 is 20.1 Å². The number of carbonyl (C=O) groups excluding carboxylic acids is 1. The normalized spacial score (nSPS) is 18.5. The summed E-state index contributed by atoms with van der Waals surface area (Å²) in [6.45, 7) is 5.06. The molecule has 2 atom stereocenters. The molecule has 0 saturated heterocycles. The Labute approximate surface area is 113 Å². The third-order valence-corrected chi connectivity index (χ3v) is 3.41. The highest BCUT2D eigenvalue weighted by atomic mass is 16.5. The van der Waals surface area contributed by atoms with E-state index in [1.807, 2.05) is 6.08 Å². The second-order valence-corrected chi connectivity index (χ2v) is 4.86. The van der Waals surface area contributed by atoms with Crippen molar-refractivity contribution in [3.8, 4) is 0 Å². The number of carboxylic acid groups (broad SMARTS) is 1. The van der Waals surface area contributed by atoms with Crippen LogP contribution in [-0.4, -0.2) is 54.9 Å². The van der Waals surface area contributed by atoms with E-state index in [2.05, 4.69) is 5.32 Å². The van der Waals surface area contributed by atoms with E-state index in [0.29, 0.717) is 19.7 Å². The van der Waals surface area contributed by atoms with Crippen LogP contribution in [-0.2, 0) is 9.53 Å². The van der Waals surface area contributed by atoms with Crippen molar-refractivity contribution in [1.29, 1.82) is 0 Å². The maximum atomic E-state index is 12.0. The van der Waals surface area contributed by atoms with Crippen LogP contribution in [0.1, 0.15) is 20.3 Å². The molecular weight excluding hydrogens is 248 g/mol.